The van der Waals surface area contributed by atoms with Crippen LogP contribution in [0.2, 0.25) is 0 Å². The van der Waals surface area contributed by atoms with Gasteiger partial charge in [0, 0.05) is 18.4 Å². The summed E-state index contributed by atoms with van der Waals surface area (Å²) < 4.78 is 28.0. The van der Waals surface area contributed by atoms with Gasteiger partial charge in [-0.1, -0.05) is 48.0 Å². The van der Waals surface area contributed by atoms with Crippen LogP contribution in [0, 0.1) is 6.92 Å². The molecule has 0 aliphatic carbocycles. The highest BCUT2D eigenvalue weighted by Gasteiger charge is 2.32. The van der Waals surface area contributed by atoms with Gasteiger partial charge in [0.1, 0.15) is 0 Å². The van der Waals surface area contributed by atoms with Crippen LogP contribution in [0.4, 0.5) is 5.69 Å². The number of benzene rings is 2. The number of rotatable bonds is 4. The van der Waals surface area contributed by atoms with E-state index in [2.05, 4.69) is 4.40 Å². The average Bonchev–Trinajstić information content (AvgIpc) is 2.72. The van der Waals surface area contributed by atoms with E-state index in [0.29, 0.717) is 6.54 Å². The molecule has 0 saturated heterocycles. The minimum absolute atomic E-state index is 0.0615. The second kappa shape index (κ2) is 7.67. The number of aryl methyl sites for hydroxylation is 1. The van der Waals surface area contributed by atoms with Crippen molar-refractivity contribution in [3.8, 4) is 0 Å². The predicted molar refractivity (Wildman–Crippen MR) is 114 cm³/mol. The summed E-state index contributed by atoms with van der Waals surface area (Å²) in [6.07, 6.45) is 5.13. The molecule has 148 valence electrons. The van der Waals surface area contributed by atoms with Crippen LogP contribution in [0.3, 0.4) is 0 Å². The first kappa shape index (κ1) is 19.1. The van der Waals surface area contributed by atoms with E-state index in [0.717, 1.165) is 16.8 Å². The first-order valence-electron chi connectivity index (χ1n) is 9.33. The number of anilines is 1. The number of carbonyl (C=O) groups excluding carboxylic acids is 1. The van der Waals surface area contributed by atoms with Crippen LogP contribution in [0.5, 0.6) is 0 Å². The number of amides is 1. The Morgan fingerprint density at radius 1 is 1.10 bits per heavy atom. The summed E-state index contributed by atoms with van der Waals surface area (Å²) in [5, 5.41) is 0. The van der Waals surface area contributed by atoms with Crippen molar-refractivity contribution in [3.63, 3.8) is 0 Å². The number of hydrogen-bond acceptors (Lipinski definition) is 4. The van der Waals surface area contributed by atoms with Crippen molar-refractivity contribution in [3.05, 3.63) is 89.6 Å². The molecule has 1 amide bonds. The molecule has 0 N–H and O–H groups in total. The molecule has 29 heavy (non-hydrogen) atoms. The second-order valence-electron chi connectivity index (χ2n) is 7.03. The van der Waals surface area contributed by atoms with Gasteiger partial charge in [-0.3, -0.25) is 4.79 Å². The Balaban J connectivity index is 1.74. The van der Waals surface area contributed by atoms with E-state index in [4.69, 9.17) is 0 Å². The van der Waals surface area contributed by atoms with Gasteiger partial charge in [-0.2, -0.15) is 0 Å². The lowest BCUT2D eigenvalue weighted by Gasteiger charge is -2.31. The van der Waals surface area contributed by atoms with Gasteiger partial charge >= 0.3 is 0 Å². The lowest BCUT2D eigenvalue weighted by Crippen LogP contribution is -2.43. The average molecular weight is 407 g/mol. The molecule has 2 aliphatic rings. The molecule has 7 heteroatoms. The van der Waals surface area contributed by atoms with E-state index in [-0.39, 0.29) is 29.6 Å². The van der Waals surface area contributed by atoms with Crippen molar-refractivity contribution in [1.82, 2.24) is 4.90 Å². The maximum Gasteiger partial charge on any atom is 0.262 e. The summed E-state index contributed by atoms with van der Waals surface area (Å²) in [6, 6.07) is 17.4. The molecule has 6 nitrogen and oxygen atoms in total. The van der Waals surface area contributed by atoms with E-state index in [1.165, 1.54) is 0 Å². The molecule has 2 heterocycles. The van der Waals surface area contributed by atoms with Crippen molar-refractivity contribution in [1.29, 1.82) is 0 Å². The highest BCUT2D eigenvalue weighted by molar-refractivity contribution is 7.90. The SMILES string of the molecule is Cc1ccc(N(Cc2ccccc2)C(=O)C2=CC=CN3CCS(=O)(=O)N=C23)cc1. The van der Waals surface area contributed by atoms with Crippen molar-refractivity contribution < 1.29 is 13.2 Å². The minimum atomic E-state index is -3.57. The van der Waals surface area contributed by atoms with Gasteiger partial charge in [-0.15, -0.1) is 4.40 Å². The fraction of sp³-hybridized carbons (Fsp3) is 0.182. The Hall–Kier alpha value is -3.19. The summed E-state index contributed by atoms with van der Waals surface area (Å²) in [7, 11) is -3.57. The number of allylic oxidation sites excluding steroid dienone is 2. The van der Waals surface area contributed by atoms with E-state index in [9.17, 15) is 13.2 Å². The predicted octanol–water partition coefficient (Wildman–Crippen LogP) is 3.03. The molecule has 0 spiro atoms. The minimum Gasteiger partial charge on any atom is -0.331 e. The third-order valence-electron chi connectivity index (χ3n) is 4.86. The second-order valence-corrected chi connectivity index (χ2v) is 8.78. The fourth-order valence-electron chi connectivity index (χ4n) is 3.30. The highest BCUT2D eigenvalue weighted by Crippen LogP contribution is 2.24. The molecule has 2 aliphatic heterocycles. The largest absolute Gasteiger partial charge is 0.331 e. The zero-order valence-electron chi connectivity index (χ0n) is 16.0. The number of hydrogen-bond donors (Lipinski definition) is 0. The number of amidine groups is 1. The van der Waals surface area contributed by atoms with Crippen LogP contribution in [-0.2, 0) is 21.4 Å². The molecule has 0 fully saturated rings. The Morgan fingerprint density at radius 2 is 1.83 bits per heavy atom. The molecular formula is C22H21N3O3S. The lowest BCUT2D eigenvalue weighted by molar-refractivity contribution is -0.114. The summed E-state index contributed by atoms with van der Waals surface area (Å²) in [6.45, 7) is 2.64. The summed E-state index contributed by atoms with van der Waals surface area (Å²) in [4.78, 5) is 16.9. The molecule has 0 saturated carbocycles. The lowest BCUT2D eigenvalue weighted by atomic mass is 10.1. The Morgan fingerprint density at radius 3 is 2.55 bits per heavy atom. The fourth-order valence-corrected chi connectivity index (χ4v) is 4.28. The standard InChI is InChI=1S/C22H21N3O3S/c1-17-9-11-19(12-10-17)25(16-18-6-3-2-4-7-18)22(26)20-8-5-13-24-14-15-29(27,28)23-21(20)24/h2-13H,14-16H2,1H3. The molecule has 2 aromatic rings. The summed E-state index contributed by atoms with van der Waals surface area (Å²) in [5.74, 6) is -0.162. The summed E-state index contributed by atoms with van der Waals surface area (Å²) in [5.41, 5.74) is 3.08. The molecule has 0 radical (unpaired) electrons. The Labute approximate surface area is 170 Å². The first-order valence-corrected chi connectivity index (χ1v) is 10.9. The molecule has 0 atom stereocenters. The topological polar surface area (TPSA) is 70.1 Å². The van der Waals surface area contributed by atoms with Gasteiger partial charge in [0.05, 0.1) is 17.9 Å². The van der Waals surface area contributed by atoms with Crippen LogP contribution in [0.15, 0.2) is 82.9 Å². The smallest absolute Gasteiger partial charge is 0.262 e. The van der Waals surface area contributed by atoms with Crippen LogP contribution in [0.25, 0.3) is 0 Å². The van der Waals surface area contributed by atoms with Gasteiger partial charge < -0.3 is 9.80 Å². The van der Waals surface area contributed by atoms with Gasteiger partial charge in [0.2, 0.25) is 0 Å². The molecule has 0 unspecified atom stereocenters. The van der Waals surface area contributed by atoms with Crippen LogP contribution < -0.4 is 4.90 Å². The normalized spacial score (nSPS) is 17.2. The number of sulfonamides is 1. The van der Waals surface area contributed by atoms with E-state index >= 15 is 0 Å². The van der Waals surface area contributed by atoms with Crippen molar-refractivity contribution in [2.24, 2.45) is 4.40 Å². The third kappa shape index (κ3) is 4.14. The zero-order valence-corrected chi connectivity index (χ0v) is 16.8. The van der Waals surface area contributed by atoms with Crippen LogP contribution in [-0.4, -0.2) is 37.4 Å². The number of carbonyl (C=O) groups is 1. The van der Waals surface area contributed by atoms with Crippen molar-refractivity contribution in [2.45, 2.75) is 13.5 Å². The number of fused-ring (bicyclic) bond motifs is 1. The Bertz CT molecular complexity index is 1120. The molecule has 2 aromatic carbocycles. The van der Waals surface area contributed by atoms with Gasteiger partial charge in [0.25, 0.3) is 15.9 Å². The molecule has 0 aromatic heterocycles. The van der Waals surface area contributed by atoms with Gasteiger partial charge in [-0.05, 0) is 36.8 Å². The van der Waals surface area contributed by atoms with Gasteiger partial charge in [0.15, 0.2) is 5.84 Å². The van der Waals surface area contributed by atoms with E-state index < -0.39 is 10.0 Å². The third-order valence-corrected chi connectivity index (χ3v) is 6.01. The number of nitrogens with zero attached hydrogens (tertiary/aromatic N) is 3. The van der Waals surface area contributed by atoms with Gasteiger partial charge in [-0.25, -0.2) is 8.42 Å². The monoisotopic (exact) mass is 407 g/mol. The molecular weight excluding hydrogens is 386 g/mol. The van der Waals surface area contributed by atoms with Crippen molar-refractivity contribution >= 4 is 27.5 Å². The Kier molecular flexibility index (Phi) is 5.07. The first-order chi connectivity index (χ1) is 13.9. The highest BCUT2D eigenvalue weighted by atomic mass is 32.2. The summed E-state index contributed by atoms with van der Waals surface area (Å²) >= 11 is 0. The zero-order chi connectivity index (χ0) is 20.4. The van der Waals surface area contributed by atoms with E-state index in [1.807, 2.05) is 61.5 Å². The maximum absolute atomic E-state index is 13.6. The van der Waals surface area contributed by atoms with Crippen LogP contribution in [0.1, 0.15) is 11.1 Å². The van der Waals surface area contributed by atoms with Crippen molar-refractivity contribution in [2.75, 3.05) is 17.2 Å². The quantitative estimate of drug-likeness (QED) is 0.781. The van der Waals surface area contributed by atoms with Crippen LogP contribution >= 0.6 is 0 Å². The molecule has 0 bridgehead atoms. The maximum atomic E-state index is 13.6. The van der Waals surface area contributed by atoms with E-state index in [1.54, 1.807) is 28.2 Å². The molecule has 4 rings (SSSR count).